The summed E-state index contributed by atoms with van der Waals surface area (Å²) in [7, 11) is 0. The minimum atomic E-state index is 0.360. The van der Waals surface area contributed by atoms with E-state index in [9.17, 15) is 0 Å². The van der Waals surface area contributed by atoms with Gasteiger partial charge in [0, 0.05) is 6.42 Å². The van der Waals surface area contributed by atoms with E-state index in [-0.39, 0.29) is 0 Å². The van der Waals surface area contributed by atoms with Crippen molar-refractivity contribution in [3.8, 4) is 28.7 Å². The van der Waals surface area contributed by atoms with Crippen molar-refractivity contribution in [1.82, 2.24) is 0 Å². The molecule has 1 saturated carbocycles. The van der Waals surface area contributed by atoms with E-state index in [0.29, 0.717) is 25.9 Å². The van der Waals surface area contributed by atoms with E-state index in [1.54, 1.807) is 23.9 Å². The molecule has 0 amide bonds. The standard InChI is InChI=1S/C10H8.C9H18.C9H12.C8H8O2.C8H8O.C7H6O2.C4H4O.C4H4S.6C4H10.8C2H6/c1-2-6-10-8-4-3-7-9(10)5-1;2*1-8(2)9-6-4-3-5-7-9;1-2-4-8-7(3-1)9-5-6-10-8;1-2-4-8-7(3-1)5-6-9-8;1-2-4-7-6(3-1)8-5-9-7;2*1-2-4-5-3-1;6*1-4(2)3;8*1-2/h1-8H;8-9H,3-7H2,1-2H3;3-8H,1-2H3;1-4H,5-6H2;1-4H,5-6H2;1-4H,5H2;2*1-4H;6*4H,1-3H3;8*1-2H3. The van der Waals surface area contributed by atoms with Crippen LogP contribution in [0.4, 0.5) is 0 Å². The normalized spacial score (nSPS) is 10.8. The zero-order valence-corrected chi connectivity index (χ0v) is 77.5. The van der Waals surface area contributed by atoms with E-state index < -0.39 is 0 Å². The maximum atomic E-state index is 5.30. The van der Waals surface area contributed by atoms with Gasteiger partial charge in [0.05, 0.1) is 19.1 Å². The molecule has 0 atom stereocenters. The molecule has 0 radical (unpaired) electrons. The van der Waals surface area contributed by atoms with Gasteiger partial charge in [0.15, 0.2) is 23.0 Å². The Kier molecular flexibility index (Phi) is 112. The Morgan fingerprint density at radius 3 is 0.802 bits per heavy atom. The van der Waals surface area contributed by atoms with Gasteiger partial charge in [0.2, 0.25) is 6.79 Å². The number of hydrogen-bond donors (Lipinski definition) is 0. The predicted molar refractivity (Wildman–Crippen MR) is 488 cm³/mol. The molecule has 106 heavy (non-hydrogen) atoms. The van der Waals surface area contributed by atoms with Crippen LogP contribution < -0.4 is 23.7 Å². The van der Waals surface area contributed by atoms with Gasteiger partial charge in [0.25, 0.3) is 0 Å². The third-order valence-electron chi connectivity index (χ3n) is 10.9. The van der Waals surface area contributed by atoms with E-state index >= 15 is 0 Å². The lowest BCUT2D eigenvalue weighted by molar-refractivity contribution is 0.171. The first-order chi connectivity index (χ1) is 50.9. The summed E-state index contributed by atoms with van der Waals surface area (Å²) < 4.78 is 30.6. The third-order valence-corrected chi connectivity index (χ3v) is 11.5. The summed E-state index contributed by atoms with van der Waals surface area (Å²) in [6.45, 7) is 82.7. The second-order valence-electron chi connectivity index (χ2n) is 26.7. The fourth-order valence-electron chi connectivity index (χ4n) is 7.18. The molecule has 0 bridgehead atoms. The molecule has 6 nitrogen and oxygen atoms in total. The van der Waals surface area contributed by atoms with E-state index in [2.05, 4.69) is 236 Å². The first-order valence-corrected chi connectivity index (χ1v) is 42.6. The van der Waals surface area contributed by atoms with Crippen LogP contribution >= 0.6 is 11.3 Å². The molecule has 8 aromatic rings. The Bertz CT molecular complexity index is 2390. The molecule has 6 aromatic carbocycles. The van der Waals surface area contributed by atoms with E-state index in [1.807, 2.05) is 219 Å². The van der Waals surface area contributed by atoms with Crippen LogP contribution in [0.25, 0.3) is 10.8 Å². The van der Waals surface area contributed by atoms with Gasteiger partial charge in [-0.05, 0) is 128 Å². The van der Waals surface area contributed by atoms with Crippen molar-refractivity contribution in [2.24, 2.45) is 47.3 Å². The van der Waals surface area contributed by atoms with Crippen LogP contribution in [0.5, 0.6) is 28.7 Å². The summed E-state index contributed by atoms with van der Waals surface area (Å²) in [5.41, 5.74) is 2.76. The first kappa shape index (κ1) is 121. The van der Waals surface area contributed by atoms with Crippen molar-refractivity contribution in [3.05, 3.63) is 210 Å². The fraction of sp³-hybridized carbons (Fsp3) is 0.576. The van der Waals surface area contributed by atoms with E-state index in [4.69, 9.17) is 23.7 Å². The molecule has 0 N–H and O–H groups in total. The average Bonchev–Trinajstić information content (AvgIpc) is 1.76. The Balaban J connectivity index is -0.000000117. The highest BCUT2D eigenvalue weighted by atomic mass is 32.1. The van der Waals surface area contributed by atoms with Gasteiger partial charge < -0.3 is 28.1 Å². The number of rotatable bonds is 2. The molecule has 0 spiro atoms. The van der Waals surface area contributed by atoms with Crippen LogP contribution in [-0.2, 0) is 6.42 Å². The van der Waals surface area contributed by atoms with Gasteiger partial charge in [-0.2, -0.15) is 11.3 Å². The molecule has 3 aliphatic heterocycles. The van der Waals surface area contributed by atoms with Gasteiger partial charge in [-0.25, -0.2) is 0 Å². The number of para-hydroxylation sites is 5. The lowest BCUT2D eigenvalue weighted by atomic mass is 9.82. The maximum Gasteiger partial charge on any atom is 0.231 e. The van der Waals surface area contributed by atoms with Crippen molar-refractivity contribution < 1.29 is 28.1 Å². The molecule has 614 valence electrons. The summed E-state index contributed by atoms with van der Waals surface area (Å²) in [4.78, 5) is 0. The van der Waals surface area contributed by atoms with Crippen LogP contribution in [0.2, 0.25) is 0 Å². The summed E-state index contributed by atoms with van der Waals surface area (Å²) in [5, 5.41) is 6.70. The molecular formula is C99H176O6S. The Morgan fingerprint density at radius 2 is 0.557 bits per heavy atom. The molecule has 1 aliphatic carbocycles. The Hall–Kier alpha value is -6.44. The largest absolute Gasteiger partial charge is 0.493 e. The molecule has 5 heterocycles. The van der Waals surface area contributed by atoms with Crippen LogP contribution in [-0.4, -0.2) is 26.6 Å². The van der Waals surface area contributed by atoms with Crippen molar-refractivity contribution in [1.29, 1.82) is 0 Å². The second-order valence-corrected chi connectivity index (χ2v) is 27.6. The fourth-order valence-corrected chi connectivity index (χ4v) is 7.64. The van der Waals surface area contributed by atoms with E-state index in [0.717, 1.165) is 89.1 Å². The van der Waals surface area contributed by atoms with Crippen LogP contribution in [0.3, 0.4) is 0 Å². The smallest absolute Gasteiger partial charge is 0.231 e. The van der Waals surface area contributed by atoms with Crippen molar-refractivity contribution in [3.63, 3.8) is 0 Å². The quantitative estimate of drug-likeness (QED) is 0.172. The lowest BCUT2D eigenvalue weighted by Crippen LogP contribution is -2.14. The Labute approximate surface area is 666 Å². The van der Waals surface area contributed by atoms with Gasteiger partial charge in [-0.1, -0.05) is 429 Å². The summed E-state index contributed by atoms with van der Waals surface area (Å²) in [5.74, 6) is 12.1. The highest BCUT2D eigenvalue weighted by molar-refractivity contribution is 7.07. The van der Waals surface area contributed by atoms with Crippen molar-refractivity contribution in [2.75, 3.05) is 26.6 Å². The lowest BCUT2D eigenvalue weighted by Gasteiger charge is -2.24. The second kappa shape index (κ2) is 98.6. The summed E-state index contributed by atoms with van der Waals surface area (Å²) in [6, 6.07) is 58.4. The molecule has 12 rings (SSSR count). The first-order valence-electron chi connectivity index (χ1n) is 41.7. The summed E-state index contributed by atoms with van der Waals surface area (Å²) in [6.07, 6.45) is 11.8. The van der Waals surface area contributed by atoms with Crippen LogP contribution in [0, 0.1) is 47.3 Å². The highest BCUT2D eigenvalue weighted by Gasteiger charge is 2.16. The zero-order chi connectivity index (χ0) is 83.7. The van der Waals surface area contributed by atoms with Gasteiger partial charge in [-0.3, -0.25) is 0 Å². The van der Waals surface area contributed by atoms with Gasteiger partial charge >= 0.3 is 0 Å². The molecule has 2 aromatic heterocycles. The number of thiophene rings is 1. The number of hydrogen-bond acceptors (Lipinski definition) is 7. The number of fused-ring (bicyclic) bond motifs is 4. The van der Waals surface area contributed by atoms with Crippen LogP contribution in [0.15, 0.2) is 204 Å². The molecular weight excluding hydrogens is 1320 g/mol. The zero-order valence-electron chi connectivity index (χ0n) is 76.7. The third kappa shape index (κ3) is 95.6. The monoisotopic (exact) mass is 1490 g/mol. The van der Waals surface area contributed by atoms with Crippen molar-refractivity contribution >= 4 is 22.1 Å². The molecule has 0 unspecified atom stereocenters. The minimum Gasteiger partial charge on any atom is -0.493 e. The minimum absolute atomic E-state index is 0.360. The molecule has 1 fully saturated rings. The molecule has 7 heteroatoms. The maximum absolute atomic E-state index is 5.30. The van der Waals surface area contributed by atoms with Gasteiger partial charge in [-0.15, -0.1) is 0 Å². The molecule has 4 aliphatic rings. The van der Waals surface area contributed by atoms with Crippen LogP contribution in [0.1, 0.15) is 312 Å². The SMILES string of the molecule is CC.CC.CC.CC.CC.CC.CC.CC.CC(C)C.CC(C)C.CC(C)C.CC(C)C.CC(C)C.CC(C)C.CC(C)C1CCCCC1.CC(C)c1ccccc1.c1ccc2c(c1)CCO2.c1ccc2c(c1)OCCO2.c1ccc2c(c1)OCO2.c1ccc2ccccc2c1.c1ccoc1.c1ccsc1. The predicted octanol–water partition coefficient (Wildman–Crippen LogP) is 34.6. The number of ether oxygens (including phenoxy) is 5. The molecule has 0 saturated heterocycles. The topological polar surface area (TPSA) is 59.3 Å². The highest BCUT2D eigenvalue weighted by Crippen LogP contribution is 2.31. The average molecular weight is 1490 g/mol. The van der Waals surface area contributed by atoms with Gasteiger partial charge in [0.1, 0.15) is 19.0 Å². The van der Waals surface area contributed by atoms with Crippen molar-refractivity contribution in [2.45, 2.75) is 308 Å². The summed E-state index contributed by atoms with van der Waals surface area (Å²) >= 11 is 1.71. The Morgan fingerprint density at radius 1 is 0.283 bits per heavy atom. The number of benzene rings is 6. The van der Waals surface area contributed by atoms with E-state index in [1.165, 1.54) is 54.0 Å². The number of furan rings is 1.